The Hall–Kier alpha value is -2.42. The van der Waals surface area contributed by atoms with E-state index >= 15 is 0 Å². The second kappa shape index (κ2) is 7.86. The highest BCUT2D eigenvalue weighted by atomic mass is 32.2. The van der Waals surface area contributed by atoms with E-state index in [0.717, 1.165) is 11.1 Å². The van der Waals surface area contributed by atoms with Gasteiger partial charge >= 0.3 is 5.97 Å². The number of ether oxygens (including phenoxy) is 2. The molecule has 140 valence electrons. The van der Waals surface area contributed by atoms with Crippen LogP contribution in [0.15, 0.2) is 41.3 Å². The Bertz CT molecular complexity index is 903. The molecule has 0 heterocycles. The van der Waals surface area contributed by atoms with Crippen LogP contribution in [-0.4, -0.2) is 40.1 Å². The van der Waals surface area contributed by atoms with Gasteiger partial charge in [-0.05, 0) is 43.2 Å². The van der Waals surface area contributed by atoms with E-state index in [1.54, 1.807) is 0 Å². The van der Waals surface area contributed by atoms with Gasteiger partial charge in [0, 0.05) is 7.05 Å². The number of nitrogens with zero attached hydrogens (tertiary/aromatic N) is 1. The second-order valence-electron chi connectivity index (χ2n) is 5.57. The predicted octanol–water partition coefficient (Wildman–Crippen LogP) is 2.71. The van der Waals surface area contributed by atoms with Crippen molar-refractivity contribution in [3.8, 4) is 11.5 Å². The fourth-order valence-corrected chi connectivity index (χ4v) is 3.51. The van der Waals surface area contributed by atoms with Crippen LogP contribution in [0, 0.1) is 13.8 Å². The number of hydrogen-bond acceptors (Lipinski definition) is 6. The molecule has 0 aliphatic rings. The van der Waals surface area contributed by atoms with Gasteiger partial charge in [-0.2, -0.15) is 0 Å². The minimum Gasteiger partial charge on any atom is -0.495 e. The summed E-state index contributed by atoms with van der Waals surface area (Å²) < 4.78 is 36.4. The molecule has 0 amide bonds. The average Bonchev–Trinajstić information content (AvgIpc) is 2.63. The maximum Gasteiger partial charge on any atom is 0.343 e. The fourth-order valence-electron chi connectivity index (χ4n) is 2.35. The molecule has 0 saturated carbocycles. The first kappa shape index (κ1) is 19.9. The van der Waals surface area contributed by atoms with Crippen LogP contribution in [-0.2, 0) is 14.9 Å². The maximum absolute atomic E-state index is 12.6. The van der Waals surface area contributed by atoms with Crippen LogP contribution in [0.4, 0.5) is 0 Å². The highest BCUT2D eigenvalue weighted by Gasteiger charge is 2.27. The number of aryl methyl sites for hydroxylation is 2. The molecule has 0 N–H and O–H groups in total. The van der Waals surface area contributed by atoms with E-state index in [9.17, 15) is 13.2 Å². The third-order valence-corrected chi connectivity index (χ3v) is 5.58. The summed E-state index contributed by atoms with van der Waals surface area (Å²) in [7, 11) is -0.184. The van der Waals surface area contributed by atoms with Crippen LogP contribution in [0.5, 0.6) is 11.5 Å². The number of hydroxylamine groups is 1. The third-order valence-electron chi connectivity index (χ3n) is 3.88. The molecule has 0 radical (unpaired) electrons. The molecule has 7 nitrogen and oxygen atoms in total. The summed E-state index contributed by atoms with van der Waals surface area (Å²) in [6.07, 6.45) is 0. The molecule has 2 aromatic rings. The summed E-state index contributed by atoms with van der Waals surface area (Å²) in [5.41, 5.74) is 1.69. The number of benzene rings is 2. The smallest absolute Gasteiger partial charge is 0.343 e. The molecule has 0 spiro atoms. The zero-order valence-corrected chi connectivity index (χ0v) is 16.1. The zero-order valence-electron chi connectivity index (χ0n) is 15.3. The Morgan fingerprint density at radius 2 is 1.65 bits per heavy atom. The number of sulfonamides is 1. The van der Waals surface area contributed by atoms with Gasteiger partial charge in [-0.15, -0.1) is 0 Å². The summed E-state index contributed by atoms with van der Waals surface area (Å²) in [5.74, 6) is -0.120. The quantitative estimate of drug-likeness (QED) is 0.436. The van der Waals surface area contributed by atoms with Gasteiger partial charge in [-0.3, -0.25) is 4.84 Å². The Morgan fingerprint density at radius 1 is 1.04 bits per heavy atom. The zero-order chi connectivity index (χ0) is 19.5. The van der Waals surface area contributed by atoms with Gasteiger partial charge in [-0.1, -0.05) is 22.7 Å². The number of methoxy groups -OCH3 is 1. The second-order valence-corrected chi connectivity index (χ2v) is 7.48. The van der Waals surface area contributed by atoms with E-state index in [0.29, 0.717) is 10.2 Å². The minimum atomic E-state index is -4.00. The number of rotatable bonds is 6. The standard InChI is InChI=1S/C18H21NO6S/c1-12-7-6-8-13(2)17(12)25-18(20)14-9-10-15(23-4)16(11-14)26(21,22)19(3)24-5/h6-11H,1-5H3. The van der Waals surface area contributed by atoms with E-state index < -0.39 is 16.0 Å². The number of carbonyl (C=O) groups excluding carboxylic acids is 1. The first-order chi connectivity index (χ1) is 12.2. The molecule has 0 unspecified atom stereocenters. The minimum absolute atomic E-state index is 0.0801. The molecule has 0 aliphatic heterocycles. The maximum atomic E-state index is 12.6. The lowest BCUT2D eigenvalue weighted by atomic mass is 10.1. The van der Waals surface area contributed by atoms with Crippen LogP contribution >= 0.6 is 0 Å². The van der Waals surface area contributed by atoms with E-state index in [4.69, 9.17) is 14.3 Å². The lowest BCUT2D eigenvalue weighted by Crippen LogP contribution is -2.26. The SMILES string of the molecule is COc1ccc(C(=O)Oc2c(C)cccc2C)cc1S(=O)(=O)N(C)OC. The topological polar surface area (TPSA) is 82.1 Å². The summed E-state index contributed by atoms with van der Waals surface area (Å²) in [6.45, 7) is 3.65. The van der Waals surface area contributed by atoms with Crippen molar-refractivity contribution in [2.24, 2.45) is 0 Å². The van der Waals surface area contributed by atoms with E-state index in [2.05, 4.69) is 0 Å². The normalized spacial score (nSPS) is 11.5. The molecule has 0 aromatic heterocycles. The molecule has 26 heavy (non-hydrogen) atoms. The van der Waals surface area contributed by atoms with Crippen molar-refractivity contribution >= 4 is 16.0 Å². The number of esters is 1. The molecule has 0 atom stereocenters. The molecule has 0 bridgehead atoms. The average molecular weight is 379 g/mol. The molecular weight excluding hydrogens is 358 g/mol. The van der Waals surface area contributed by atoms with E-state index in [1.807, 2.05) is 32.0 Å². The summed E-state index contributed by atoms with van der Waals surface area (Å²) >= 11 is 0. The van der Waals surface area contributed by atoms with Gasteiger partial charge in [0.2, 0.25) is 0 Å². The van der Waals surface area contributed by atoms with Crippen molar-refractivity contribution in [2.75, 3.05) is 21.3 Å². The van der Waals surface area contributed by atoms with Gasteiger partial charge in [0.1, 0.15) is 16.4 Å². The first-order valence-corrected chi connectivity index (χ1v) is 9.15. The van der Waals surface area contributed by atoms with Crippen molar-refractivity contribution in [1.29, 1.82) is 0 Å². The Kier molecular flexibility index (Phi) is 6.01. The monoisotopic (exact) mass is 379 g/mol. The van der Waals surface area contributed by atoms with Gasteiger partial charge in [-0.25, -0.2) is 13.2 Å². The summed E-state index contributed by atoms with van der Waals surface area (Å²) in [5, 5.41) is 0. The molecule has 0 aliphatic carbocycles. The van der Waals surface area contributed by atoms with Gasteiger partial charge in [0.15, 0.2) is 0 Å². The van der Waals surface area contributed by atoms with Crippen molar-refractivity contribution < 1.29 is 27.5 Å². The fraction of sp³-hybridized carbons (Fsp3) is 0.278. The highest BCUT2D eigenvalue weighted by Crippen LogP contribution is 2.29. The Balaban J connectivity index is 2.45. The van der Waals surface area contributed by atoms with Gasteiger partial charge < -0.3 is 9.47 Å². The van der Waals surface area contributed by atoms with Gasteiger partial charge in [0.05, 0.1) is 19.8 Å². The van der Waals surface area contributed by atoms with Gasteiger partial charge in [0.25, 0.3) is 10.0 Å². The molecule has 8 heteroatoms. The number of hydrogen-bond donors (Lipinski definition) is 0. The Labute approximate surface area is 153 Å². The molecule has 0 fully saturated rings. The lowest BCUT2D eigenvalue weighted by Gasteiger charge is -2.17. The largest absolute Gasteiger partial charge is 0.495 e. The summed E-state index contributed by atoms with van der Waals surface area (Å²) in [4.78, 5) is 17.1. The van der Waals surface area contributed by atoms with E-state index in [-0.39, 0.29) is 16.2 Å². The Morgan fingerprint density at radius 3 is 2.19 bits per heavy atom. The predicted molar refractivity (Wildman–Crippen MR) is 95.8 cm³/mol. The lowest BCUT2D eigenvalue weighted by molar-refractivity contribution is -0.0259. The summed E-state index contributed by atoms with van der Waals surface area (Å²) in [6, 6.07) is 9.57. The molecular formula is C18H21NO6S. The first-order valence-electron chi connectivity index (χ1n) is 7.71. The van der Waals surface area contributed by atoms with Crippen LogP contribution in [0.1, 0.15) is 21.5 Å². The molecule has 0 saturated heterocycles. The van der Waals surface area contributed by atoms with Crippen LogP contribution in [0.3, 0.4) is 0 Å². The van der Waals surface area contributed by atoms with E-state index in [1.165, 1.54) is 39.5 Å². The molecule has 2 rings (SSSR count). The van der Waals surface area contributed by atoms with Crippen LogP contribution < -0.4 is 9.47 Å². The number of carbonyl (C=O) groups is 1. The number of para-hydroxylation sites is 1. The highest BCUT2D eigenvalue weighted by molar-refractivity contribution is 7.89. The van der Waals surface area contributed by atoms with Crippen molar-refractivity contribution in [3.63, 3.8) is 0 Å². The van der Waals surface area contributed by atoms with Crippen molar-refractivity contribution in [3.05, 3.63) is 53.1 Å². The van der Waals surface area contributed by atoms with Crippen LogP contribution in [0.25, 0.3) is 0 Å². The molecule has 2 aromatic carbocycles. The van der Waals surface area contributed by atoms with Crippen LogP contribution in [0.2, 0.25) is 0 Å². The third kappa shape index (κ3) is 3.87. The van der Waals surface area contributed by atoms with Crippen molar-refractivity contribution in [2.45, 2.75) is 18.7 Å². The van der Waals surface area contributed by atoms with Crippen molar-refractivity contribution in [1.82, 2.24) is 4.47 Å².